The van der Waals surface area contributed by atoms with Crippen molar-refractivity contribution in [3.05, 3.63) is 29.8 Å². The molecule has 2 heteroatoms. The Labute approximate surface area is 105 Å². The Morgan fingerprint density at radius 3 is 2.35 bits per heavy atom. The summed E-state index contributed by atoms with van der Waals surface area (Å²) in [4.78, 5) is 2.35. The molecule has 0 saturated heterocycles. The van der Waals surface area contributed by atoms with Crippen LogP contribution in [0.25, 0.3) is 0 Å². The standard InChI is InChI=1S/C15H25NO/c1-5-15(17)13-9-7-8-10-14(13)16(6-2)11-12(3)4/h7-10,12,15,17H,5-6,11H2,1-4H3. The summed E-state index contributed by atoms with van der Waals surface area (Å²) in [7, 11) is 0. The first-order valence-electron chi connectivity index (χ1n) is 6.62. The molecule has 1 atom stereocenters. The topological polar surface area (TPSA) is 23.5 Å². The van der Waals surface area contributed by atoms with Gasteiger partial charge in [0.2, 0.25) is 0 Å². The number of aliphatic hydroxyl groups is 1. The molecule has 0 heterocycles. The minimum Gasteiger partial charge on any atom is -0.388 e. The summed E-state index contributed by atoms with van der Waals surface area (Å²) in [6.45, 7) is 10.6. The average Bonchev–Trinajstić information content (AvgIpc) is 2.34. The van der Waals surface area contributed by atoms with Crippen molar-refractivity contribution in [2.24, 2.45) is 5.92 Å². The molecule has 0 aliphatic carbocycles. The molecule has 1 rings (SSSR count). The monoisotopic (exact) mass is 235 g/mol. The summed E-state index contributed by atoms with van der Waals surface area (Å²) < 4.78 is 0. The highest BCUT2D eigenvalue weighted by Crippen LogP contribution is 2.28. The predicted molar refractivity (Wildman–Crippen MR) is 74.4 cm³/mol. The lowest BCUT2D eigenvalue weighted by molar-refractivity contribution is 0.174. The fraction of sp³-hybridized carbons (Fsp3) is 0.600. The van der Waals surface area contributed by atoms with E-state index >= 15 is 0 Å². The van der Waals surface area contributed by atoms with Crippen molar-refractivity contribution < 1.29 is 5.11 Å². The molecule has 96 valence electrons. The number of nitrogens with zero attached hydrogens (tertiary/aromatic N) is 1. The van der Waals surface area contributed by atoms with Crippen LogP contribution in [0.4, 0.5) is 5.69 Å². The van der Waals surface area contributed by atoms with Gasteiger partial charge in [-0.25, -0.2) is 0 Å². The molecule has 2 nitrogen and oxygen atoms in total. The highest BCUT2D eigenvalue weighted by Gasteiger charge is 2.15. The van der Waals surface area contributed by atoms with Crippen LogP contribution in [-0.2, 0) is 0 Å². The van der Waals surface area contributed by atoms with E-state index in [1.165, 1.54) is 5.69 Å². The fourth-order valence-corrected chi connectivity index (χ4v) is 2.12. The molecule has 0 amide bonds. The largest absolute Gasteiger partial charge is 0.388 e. The van der Waals surface area contributed by atoms with Crippen LogP contribution in [0.3, 0.4) is 0 Å². The van der Waals surface area contributed by atoms with Crippen LogP contribution in [-0.4, -0.2) is 18.2 Å². The van der Waals surface area contributed by atoms with E-state index in [1.54, 1.807) is 0 Å². The molecule has 0 aromatic heterocycles. The van der Waals surface area contributed by atoms with E-state index in [0.29, 0.717) is 5.92 Å². The van der Waals surface area contributed by atoms with Gasteiger partial charge in [0.1, 0.15) is 0 Å². The summed E-state index contributed by atoms with van der Waals surface area (Å²) in [6, 6.07) is 8.19. The van der Waals surface area contributed by atoms with Crippen molar-refractivity contribution in [2.75, 3.05) is 18.0 Å². The van der Waals surface area contributed by atoms with Gasteiger partial charge in [-0.3, -0.25) is 0 Å². The van der Waals surface area contributed by atoms with Crippen LogP contribution in [0.5, 0.6) is 0 Å². The molecule has 0 aliphatic heterocycles. The molecule has 1 N–H and O–H groups in total. The number of hydrogen-bond acceptors (Lipinski definition) is 2. The minimum absolute atomic E-state index is 0.354. The lowest BCUT2D eigenvalue weighted by Crippen LogP contribution is -2.28. The Balaban J connectivity index is 3.01. The van der Waals surface area contributed by atoms with Gasteiger partial charge in [-0.15, -0.1) is 0 Å². The maximum Gasteiger partial charge on any atom is 0.0807 e. The quantitative estimate of drug-likeness (QED) is 0.814. The van der Waals surface area contributed by atoms with Crippen LogP contribution in [0.15, 0.2) is 24.3 Å². The maximum absolute atomic E-state index is 10.1. The Kier molecular flexibility index (Phi) is 5.49. The van der Waals surface area contributed by atoms with E-state index < -0.39 is 0 Å². The number of rotatable bonds is 6. The molecule has 0 aliphatic rings. The summed E-state index contributed by atoms with van der Waals surface area (Å²) in [5.74, 6) is 0.627. The Bertz CT molecular complexity index is 335. The van der Waals surface area contributed by atoms with Crippen molar-refractivity contribution in [1.82, 2.24) is 0 Å². The molecule has 0 saturated carbocycles. The number of hydrogen-bond donors (Lipinski definition) is 1. The highest BCUT2D eigenvalue weighted by molar-refractivity contribution is 5.54. The van der Waals surface area contributed by atoms with E-state index in [-0.39, 0.29) is 6.10 Å². The zero-order valence-corrected chi connectivity index (χ0v) is 11.5. The first-order chi connectivity index (χ1) is 8.10. The van der Waals surface area contributed by atoms with E-state index in [9.17, 15) is 5.11 Å². The third kappa shape index (κ3) is 3.74. The smallest absolute Gasteiger partial charge is 0.0807 e. The molecule has 1 aromatic rings. The van der Waals surface area contributed by atoms with Gasteiger partial charge in [-0.2, -0.15) is 0 Å². The maximum atomic E-state index is 10.1. The molecular formula is C15H25NO. The molecule has 0 spiro atoms. The normalized spacial score (nSPS) is 12.8. The van der Waals surface area contributed by atoms with Crippen molar-refractivity contribution >= 4 is 5.69 Å². The number of anilines is 1. The molecule has 0 radical (unpaired) electrons. The van der Waals surface area contributed by atoms with E-state index in [1.807, 2.05) is 25.1 Å². The second-order valence-corrected chi connectivity index (χ2v) is 4.92. The van der Waals surface area contributed by atoms with E-state index in [4.69, 9.17) is 0 Å². The second-order valence-electron chi connectivity index (χ2n) is 4.92. The lowest BCUT2D eigenvalue weighted by Gasteiger charge is -2.28. The molecule has 1 aromatic carbocycles. The van der Waals surface area contributed by atoms with Gasteiger partial charge in [-0.05, 0) is 25.3 Å². The number of aliphatic hydroxyl groups excluding tert-OH is 1. The van der Waals surface area contributed by atoms with Crippen LogP contribution >= 0.6 is 0 Å². The number of benzene rings is 1. The van der Waals surface area contributed by atoms with Gasteiger partial charge in [0, 0.05) is 24.3 Å². The molecule has 0 bridgehead atoms. The SMILES string of the molecule is CCC(O)c1ccccc1N(CC)CC(C)C. The van der Waals surface area contributed by atoms with Gasteiger partial charge in [-0.1, -0.05) is 39.0 Å². The fourth-order valence-electron chi connectivity index (χ4n) is 2.12. The van der Waals surface area contributed by atoms with Crippen LogP contribution < -0.4 is 4.90 Å². The van der Waals surface area contributed by atoms with E-state index in [2.05, 4.69) is 31.7 Å². The molecule has 0 fully saturated rings. The van der Waals surface area contributed by atoms with Gasteiger partial charge >= 0.3 is 0 Å². The van der Waals surface area contributed by atoms with Crippen LogP contribution in [0, 0.1) is 5.92 Å². The van der Waals surface area contributed by atoms with Gasteiger partial charge in [0.05, 0.1) is 6.10 Å². The third-order valence-corrected chi connectivity index (χ3v) is 2.99. The summed E-state index contributed by atoms with van der Waals surface area (Å²) in [5, 5.41) is 10.1. The van der Waals surface area contributed by atoms with E-state index in [0.717, 1.165) is 25.1 Å². The molecule has 1 unspecified atom stereocenters. The first kappa shape index (κ1) is 14.0. The Hall–Kier alpha value is -1.02. The minimum atomic E-state index is -0.354. The zero-order chi connectivity index (χ0) is 12.8. The van der Waals surface area contributed by atoms with Gasteiger partial charge in [0.25, 0.3) is 0 Å². The third-order valence-electron chi connectivity index (χ3n) is 2.99. The molecular weight excluding hydrogens is 210 g/mol. The number of para-hydroxylation sites is 1. The zero-order valence-electron chi connectivity index (χ0n) is 11.5. The highest BCUT2D eigenvalue weighted by atomic mass is 16.3. The predicted octanol–water partition coefficient (Wildman–Crippen LogP) is 3.61. The van der Waals surface area contributed by atoms with Crippen LogP contribution in [0.2, 0.25) is 0 Å². The lowest BCUT2D eigenvalue weighted by atomic mass is 10.0. The summed E-state index contributed by atoms with van der Waals surface area (Å²) >= 11 is 0. The Morgan fingerprint density at radius 1 is 1.18 bits per heavy atom. The molecule has 17 heavy (non-hydrogen) atoms. The summed E-state index contributed by atoms with van der Waals surface area (Å²) in [6.07, 6.45) is 0.406. The van der Waals surface area contributed by atoms with Crippen LogP contribution in [0.1, 0.15) is 45.8 Å². The van der Waals surface area contributed by atoms with Crippen molar-refractivity contribution in [3.8, 4) is 0 Å². The van der Waals surface area contributed by atoms with Crippen molar-refractivity contribution in [2.45, 2.75) is 40.2 Å². The van der Waals surface area contributed by atoms with Crippen molar-refractivity contribution in [1.29, 1.82) is 0 Å². The first-order valence-corrected chi connectivity index (χ1v) is 6.62. The van der Waals surface area contributed by atoms with Gasteiger partial charge < -0.3 is 10.0 Å². The van der Waals surface area contributed by atoms with Crippen molar-refractivity contribution in [3.63, 3.8) is 0 Å². The average molecular weight is 235 g/mol. The van der Waals surface area contributed by atoms with Gasteiger partial charge in [0.15, 0.2) is 0 Å². The summed E-state index contributed by atoms with van der Waals surface area (Å²) in [5.41, 5.74) is 2.23. The second kappa shape index (κ2) is 6.65. The Morgan fingerprint density at radius 2 is 1.82 bits per heavy atom.